The van der Waals surface area contributed by atoms with Gasteiger partial charge in [0.2, 0.25) is 0 Å². The van der Waals surface area contributed by atoms with Gasteiger partial charge in [-0.1, -0.05) is 4.49 Å². The van der Waals surface area contributed by atoms with Crippen LogP contribution in [0.15, 0.2) is 5.38 Å². The molecule has 0 aliphatic carbocycles. The normalized spacial score (nSPS) is 26.7. The number of nitrogens with one attached hydrogen (secondary N) is 1. The van der Waals surface area contributed by atoms with Crippen molar-refractivity contribution >= 4 is 17.4 Å². The Hall–Kier alpha value is -1.01. The molecule has 0 spiro atoms. The zero-order valence-electron chi connectivity index (χ0n) is 8.80. The van der Waals surface area contributed by atoms with Crippen molar-refractivity contribution in [3.63, 3.8) is 0 Å². The zero-order chi connectivity index (χ0) is 10.8. The summed E-state index contributed by atoms with van der Waals surface area (Å²) in [6.45, 7) is 5.68. The molecule has 5 nitrogen and oxygen atoms in total. The molecule has 2 unspecified atom stereocenters. The number of aromatic nitrogens is 2. The van der Waals surface area contributed by atoms with Gasteiger partial charge in [-0.2, -0.15) is 0 Å². The Balaban J connectivity index is 2.12. The van der Waals surface area contributed by atoms with E-state index in [1.807, 2.05) is 11.8 Å². The lowest BCUT2D eigenvalue weighted by molar-refractivity contribution is 0.0610. The minimum atomic E-state index is -0.00963. The summed E-state index contributed by atoms with van der Waals surface area (Å²) in [4.78, 5) is 13.9. The fraction of sp³-hybridized carbons (Fsp3) is 0.667. The maximum Gasteiger partial charge on any atom is 0.275 e. The zero-order valence-corrected chi connectivity index (χ0v) is 9.62. The number of rotatable bonds is 1. The molecular weight excluding hydrogens is 212 g/mol. The summed E-state index contributed by atoms with van der Waals surface area (Å²) < 4.78 is 3.71. The molecule has 1 fully saturated rings. The molecule has 1 aromatic rings. The highest BCUT2D eigenvalue weighted by Gasteiger charge is 2.28. The van der Waals surface area contributed by atoms with Crippen molar-refractivity contribution in [2.24, 2.45) is 0 Å². The van der Waals surface area contributed by atoms with Crippen LogP contribution >= 0.6 is 11.5 Å². The number of hydrogen-bond donors (Lipinski definition) is 1. The molecule has 1 aliphatic rings. The van der Waals surface area contributed by atoms with Gasteiger partial charge in [-0.3, -0.25) is 4.79 Å². The number of carbonyl (C=O) groups is 1. The smallest absolute Gasteiger partial charge is 0.275 e. The van der Waals surface area contributed by atoms with Crippen molar-refractivity contribution in [2.75, 3.05) is 13.1 Å². The summed E-state index contributed by atoms with van der Waals surface area (Å²) >= 11 is 1.21. The van der Waals surface area contributed by atoms with E-state index >= 15 is 0 Å². The minimum Gasteiger partial charge on any atom is -0.332 e. The monoisotopic (exact) mass is 226 g/mol. The molecule has 2 heterocycles. The first-order chi connectivity index (χ1) is 7.18. The molecule has 2 rings (SSSR count). The van der Waals surface area contributed by atoms with Crippen LogP contribution in [0.3, 0.4) is 0 Å². The third-order valence-electron chi connectivity index (χ3n) is 2.60. The predicted molar refractivity (Wildman–Crippen MR) is 57.9 cm³/mol. The molecule has 0 radical (unpaired) electrons. The standard InChI is InChI=1S/C9H14N4OS/c1-6-4-13(7(2)3-10-6)9(14)8-5-15-12-11-8/h5-7,10H,3-4H2,1-2H3. The van der Waals surface area contributed by atoms with Crippen LogP contribution in [-0.2, 0) is 0 Å². The van der Waals surface area contributed by atoms with Gasteiger partial charge in [0, 0.05) is 30.6 Å². The number of piperazine rings is 1. The second kappa shape index (κ2) is 4.24. The maximum atomic E-state index is 12.0. The molecule has 82 valence electrons. The van der Waals surface area contributed by atoms with E-state index in [9.17, 15) is 4.79 Å². The van der Waals surface area contributed by atoms with Gasteiger partial charge in [-0.15, -0.1) is 5.10 Å². The summed E-state index contributed by atoms with van der Waals surface area (Å²) in [6, 6.07) is 0.562. The van der Waals surface area contributed by atoms with Crippen LogP contribution in [0.2, 0.25) is 0 Å². The molecule has 15 heavy (non-hydrogen) atoms. The molecule has 1 aliphatic heterocycles. The Morgan fingerprint density at radius 2 is 2.47 bits per heavy atom. The highest BCUT2D eigenvalue weighted by atomic mass is 32.1. The Morgan fingerprint density at radius 1 is 1.67 bits per heavy atom. The van der Waals surface area contributed by atoms with E-state index in [4.69, 9.17) is 0 Å². The Kier molecular flexibility index (Phi) is 2.97. The lowest BCUT2D eigenvalue weighted by Crippen LogP contribution is -2.56. The summed E-state index contributed by atoms with van der Waals surface area (Å²) in [5, 5.41) is 8.84. The van der Waals surface area contributed by atoms with Crippen molar-refractivity contribution in [3.8, 4) is 0 Å². The summed E-state index contributed by atoms with van der Waals surface area (Å²) in [7, 11) is 0. The topological polar surface area (TPSA) is 58.1 Å². The molecule has 0 saturated carbocycles. The average molecular weight is 226 g/mol. The number of carbonyl (C=O) groups excluding carboxylic acids is 1. The molecule has 1 amide bonds. The molecule has 1 aromatic heterocycles. The average Bonchev–Trinajstić information content (AvgIpc) is 2.74. The van der Waals surface area contributed by atoms with Gasteiger partial charge >= 0.3 is 0 Å². The van der Waals surface area contributed by atoms with Crippen molar-refractivity contribution in [2.45, 2.75) is 25.9 Å². The number of amides is 1. The first-order valence-corrected chi connectivity index (χ1v) is 5.83. The van der Waals surface area contributed by atoms with Crippen LogP contribution in [0.1, 0.15) is 24.3 Å². The van der Waals surface area contributed by atoms with Crippen molar-refractivity contribution < 1.29 is 4.79 Å². The largest absolute Gasteiger partial charge is 0.332 e. The van der Waals surface area contributed by atoms with E-state index in [1.165, 1.54) is 11.5 Å². The fourth-order valence-corrected chi connectivity index (χ4v) is 2.14. The van der Waals surface area contributed by atoms with Crippen LogP contribution in [-0.4, -0.2) is 45.6 Å². The van der Waals surface area contributed by atoms with Gasteiger partial charge in [0.1, 0.15) is 0 Å². The van der Waals surface area contributed by atoms with E-state index in [1.54, 1.807) is 5.38 Å². The first-order valence-electron chi connectivity index (χ1n) is 5.00. The Bertz CT molecular complexity index is 340. The number of nitrogens with zero attached hydrogens (tertiary/aromatic N) is 3. The summed E-state index contributed by atoms with van der Waals surface area (Å²) in [6.07, 6.45) is 0. The van der Waals surface area contributed by atoms with Crippen LogP contribution in [0.4, 0.5) is 0 Å². The van der Waals surface area contributed by atoms with Gasteiger partial charge in [0.05, 0.1) is 0 Å². The highest BCUT2D eigenvalue weighted by Crippen LogP contribution is 2.11. The molecule has 6 heteroatoms. The van der Waals surface area contributed by atoms with Crippen LogP contribution < -0.4 is 5.32 Å². The SMILES string of the molecule is CC1CN(C(=O)c2csnn2)C(C)CN1. The highest BCUT2D eigenvalue weighted by molar-refractivity contribution is 7.03. The quantitative estimate of drug-likeness (QED) is 0.751. The van der Waals surface area contributed by atoms with Gasteiger partial charge in [-0.25, -0.2) is 0 Å². The van der Waals surface area contributed by atoms with Crippen LogP contribution in [0.25, 0.3) is 0 Å². The summed E-state index contributed by atoms with van der Waals surface area (Å²) in [5.41, 5.74) is 0.459. The summed E-state index contributed by atoms with van der Waals surface area (Å²) in [5.74, 6) is -0.00963. The lowest BCUT2D eigenvalue weighted by atomic mass is 10.1. The van der Waals surface area contributed by atoms with E-state index in [0.717, 1.165) is 13.1 Å². The maximum absolute atomic E-state index is 12.0. The van der Waals surface area contributed by atoms with Crippen LogP contribution in [0, 0.1) is 0 Å². The molecule has 0 aromatic carbocycles. The van der Waals surface area contributed by atoms with Gasteiger partial charge < -0.3 is 10.2 Å². The van der Waals surface area contributed by atoms with Gasteiger partial charge in [-0.05, 0) is 25.4 Å². The Morgan fingerprint density at radius 3 is 3.13 bits per heavy atom. The molecule has 1 N–H and O–H groups in total. The first kappa shape index (κ1) is 10.5. The van der Waals surface area contributed by atoms with Crippen molar-refractivity contribution in [1.29, 1.82) is 0 Å². The van der Waals surface area contributed by atoms with Crippen LogP contribution in [0.5, 0.6) is 0 Å². The van der Waals surface area contributed by atoms with E-state index in [0.29, 0.717) is 11.7 Å². The fourth-order valence-electron chi connectivity index (χ4n) is 1.71. The molecule has 2 atom stereocenters. The lowest BCUT2D eigenvalue weighted by Gasteiger charge is -2.37. The second-order valence-electron chi connectivity index (χ2n) is 3.91. The minimum absolute atomic E-state index is 0.00963. The van der Waals surface area contributed by atoms with Gasteiger partial charge in [0.25, 0.3) is 5.91 Å². The second-order valence-corrected chi connectivity index (χ2v) is 4.52. The van der Waals surface area contributed by atoms with Crippen molar-refractivity contribution in [1.82, 2.24) is 19.8 Å². The van der Waals surface area contributed by atoms with Crippen molar-refractivity contribution in [3.05, 3.63) is 11.1 Å². The molecular formula is C9H14N4OS. The number of hydrogen-bond acceptors (Lipinski definition) is 5. The van der Waals surface area contributed by atoms with Gasteiger partial charge in [0.15, 0.2) is 5.69 Å². The molecule has 1 saturated heterocycles. The van der Waals surface area contributed by atoms with E-state index in [2.05, 4.69) is 21.8 Å². The third kappa shape index (κ3) is 2.15. The van der Waals surface area contributed by atoms with E-state index < -0.39 is 0 Å². The Labute approximate surface area is 92.6 Å². The van der Waals surface area contributed by atoms with E-state index in [-0.39, 0.29) is 11.9 Å². The third-order valence-corrected chi connectivity index (χ3v) is 3.11. The molecule has 0 bridgehead atoms. The predicted octanol–water partition coefficient (Wildman–Crippen LogP) is 0.360.